The summed E-state index contributed by atoms with van der Waals surface area (Å²) in [5.41, 5.74) is -0.974. The molecule has 0 aliphatic carbocycles. The lowest BCUT2D eigenvalue weighted by molar-refractivity contribution is -0.207. The molecule has 0 amide bonds. The van der Waals surface area contributed by atoms with Gasteiger partial charge in [-0.25, -0.2) is 32.5 Å². The minimum atomic E-state index is -4.17. The number of aliphatic hydroxyl groups is 1. The first-order chi connectivity index (χ1) is 29.9. The van der Waals surface area contributed by atoms with Gasteiger partial charge in [0.15, 0.2) is 5.60 Å². The van der Waals surface area contributed by atoms with Gasteiger partial charge in [-0.05, 0) is 77.4 Å². The molecule has 0 bridgehead atoms. The van der Waals surface area contributed by atoms with Crippen LogP contribution in [0.2, 0.25) is 0 Å². The number of halogens is 4. The number of rotatable bonds is 15. The molecule has 1 aliphatic heterocycles. The van der Waals surface area contributed by atoms with Crippen molar-refractivity contribution in [3.63, 3.8) is 0 Å². The molecule has 3 atom stereocenters. The highest BCUT2D eigenvalue weighted by Gasteiger charge is 2.58. The van der Waals surface area contributed by atoms with Gasteiger partial charge >= 0.3 is 11.6 Å². The van der Waals surface area contributed by atoms with E-state index in [0.29, 0.717) is 30.5 Å². The molecule has 62 heavy (non-hydrogen) atoms. The second-order valence-electron chi connectivity index (χ2n) is 15.1. The molecule has 320 valence electrons. The minimum Gasteiger partial charge on any atom is -0.377 e. The van der Waals surface area contributed by atoms with Gasteiger partial charge in [-0.3, -0.25) is 4.98 Å². The molecule has 7 aromatic rings. The van der Waals surface area contributed by atoms with Gasteiger partial charge in [0.25, 0.3) is 0 Å². The molecule has 1 saturated heterocycles. The number of ether oxygens (including phenoxy) is 1. The van der Waals surface area contributed by atoms with Crippen molar-refractivity contribution in [2.75, 3.05) is 36.0 Å². The Morgan fingerprint density at radius 3 is 2.16 bits per heavy atom. The zero-order valence-corrected chi connectivity index (χ0v) is 33.8. The Labute approximate surface area is 353 Å². The molecule has 1 N–H and O–H groups in total. The molecule has 1 fully saturated rings. The van der Waals surface area contributed by atoms with Crippen molar-refractivity contribution in [3.05, 3.63) is 161 Å². The largest absolute Gasteiger partial charge is 0.377 e. The van der Waals surface area contributed by atoms with E-state index >= 15 is 8.78 Å². The first-order valence-corrected chi connectivity index (χ1v) is 20.1. The number of tetrazole rings is 1. The van der Waals surface area contributed by atoms with Crippen molar-refractivity contribution in [1.82, 2.24) is 44.5 Å². The Morgan fingerprint density at radius 2 is 1.53 bits per heavy atom. The van der Waals surface area contributed by atoms with E-state index in [1.165, 1.54) is 27.8 Å². The van der Waals surface area contributed by atoms with Crippen molar-refractivity contribution in [2.45, 2.75) is 57.1 Å². The van der Waals surface area contributed by atoms with Crippen LogP contribution in [0.25, 0.3) is 16.9 Å². The summed E-state index contributed by atoms with van der Waals surface area (Å²) < 4.78 is 70.9. The average Bonchev–Trinajstić information content (AvgIpc) is 3.95. The SMILES string of the molecule is CCC(C(C)OCc1ccccc1)n1ncn(-c2ccc(N3CCN(c4ccc(-c5ccc(C(F)(F)C(O)(Cn6cnnn6)c6ccc(F)cc6F)nc5)cc4)CC3)cn2)c1=O. The van der Waals surface area contributed by atoms with Crippen LogP contribution in [0.4, 0.5) is 28.9 Å². The summed E-state index contributed by atoms with van der Waals surface area (Å²) in [5.74, 6) is -6.05. The second kappa shape index (κ2) is 17.7. The molecule has 14 nitrogen and oxygen atoms in total. The first-order valence-electron chi connectivity index (χ1n) is 20.1. The summed E-state index contributed by atoms with van der Waals surface area (Å²) in [4.78, 5) is 26.6. The molecule has 1 aliphatic rings. The van der Waals surface area contributed by atoms with Gasteiger partial charge in [0.05, 0.1) is 37.2 Å². The summed E-state index contributed by atoms with van der Waals surface area (Å²) >= 11 is 0. The molecule has 0 radical (unpaired) electrons. The quantitative estimate of drug-likeness (QED) is 0.116. The van der Waals surface area contributed by atoms with Crippen LogP contribution < -0.4 is 15.5 Å². The second-order valence-corrected chi connectivity index (χ2v) is 15.1. The molecule has 5 heterocycles. The first kappa shape index (κ1) is 41.9. The van der Waals surface area contributed by atoms with E-state index in [0.717, 1.165) is 77.9 Å². The standard InChI is InChI=1S/C44H43F4N11O3/c1-3-39(30(2)62-26-31-7-5-4-6-8-31)59-42(60)58(29-52-59)41-18-15-36(25-50-41)56-21-19-55(20-22-56)35-13-9-32(10-14-35)33-11-17-40(49-24-33)44(47,48)43(61,27-57-28-51-53-54-57)37-16-12-34(45)23-38(37)46/h4-18,23-25,28-30,39,61H,3,19-22,26-27H2,1-2H3. The molecule has 0 spiro atoms. The van der Waals surface area contributed by atoms with E-state index in [1.54, 1.807) is 6.20 Å². The number of anilines is 2. The topological polar surface area (TPSA) is 145 Å². The van der Waals surface area contributed by atoms with Crippen LogP contribution in [0, 0.1) is 11.6 Å². The van der Waals surface area contributed by atoms with Crippen molar-refractivity contribution >= 4 is 11.4 Å². The molecule has 8 rings (SSSR count). The Balaban J connectivity index is 0.886. The summed E-state index contributed by atoms with van der Waals surface area (Å²) in [5, 5.41) is 26.3. The van der Waals surface area contributed by atoms with Gasteiger partial charge in [-0.15, -0.1) is 5.10 Å². The number of aromatic nitrogens is 9. The highest BCUT2D eigenvalue weighted by molar-refractivity contribution is 5.66. The summed E-state index contributed by atoms with van der Waals surface area (Å²) in [6.07, 6.45) is 5.92. The third kappa shape index (κ3) is 8.42. The van der Waals surface area contributed by atoms with Crippen molar-refractivity contribution in [3.8, 4) is 16.9 Å². The molecule has 4 aromatic heterocycles. The number of pyridine rings is 2. The Morgan fingerprint density at radius 1 is 0.823 bits per heavy atom. The third-order valence-electron chi connectivity index (χ3n) is 11.3. The highest BCUT2D eigenvalue weighted by Crippen LogP contribution is 2.47. The number of benzene rings is 3. The number of hydrogen-bond acceptors (Lipinski definition) is 11. The van der Waals surface area contributed by atoms with Crippen LogP contribution in [0.5, 0.6) is 0 Å². The average molecular weight is 850 g/mol. The lowest BCUT2D eigenvalue weighted by Gasteiger charge is -2.37. The number of hydrogen-bond donors (Lipinski definition) is 1. The van der Waals surface area contributed by atoms with E-state index < -0.39 is 41.0 Å². The summed E-state index contributed by atoms with van der Waals surface area (Å²) in [7, 11) is 0. The lowest BCUT2D eigenvalue weighted by Crippen LogP contribution is -2.48. The van der Waals surface area contributed by atoms with Gasteiger partial charge in [-0.2, -0.15) is 13.9 Å². The van der Waals surface area contributed by atoms with Crippen molar-refractivity contribution < 1.29 is 27.4 Å². The molecule has 3 unspecified atom stereocenters. The van der Waals surface area contributed by atoms with Crippen LogP contribution in [-0.2, 0) is 29.4 Å². The zero-order chi connectivity index (χ0) is 43.4. The monoisotopic (exact) mass is 849 g/mol. The normalized spacial score (nSPS) is 15.3. The number of alkyl halides is 2. The zero-order valence-electron chi connectivity index (χ0n) is 33.8. The van der Waals surface area contributed by atoms with E-state index in [4.69, 9.17) is 4.74 Å². The summed E-state index contributed by atoms with van der Waals surface area (Å²) in [6, 6.07) is 25.5. The fourth-order valence-corrected chi connectivity index (χ4v) is 7.74. The molecule has 0 saturated carbocycles. The van der Waals surface area contributed by atoms with Gasteiger partial charge in [0, 0.05) is 55.3 Å². The highest BCUT2D eigenvalue weighted by atomic mass is 19.3. The van der Waals surface area contributed by atoms with Gasteiger partial charge in [-0.1, -0.05) is 55.5 Å². The van der Waals surface area contributed by atoms with Gasteiger partial charge < -0.3 is 19.6 Å². The third-order valence-corrected chi connectivity index (χ3v) is 11.3. The maximum Gasteiger partial charge on any atom is 0.351 e. The van der Waals surface area contributed by atoms with Crippen molar-refractivity contribution in [2.24, 2.45) is 0 Å². The van der Waals surface area contributed by atoms with Crippen LogP contribution in [0.15, 0.2) is 127 Å². The van der Waals surface area contributed by atoms with E-state index in [1.807, 2.05) is 80.6 Å². The predicted octanol–water partition coefficient (Wildman–Crippen LogP) is 6.32. The Bertz CT molecular complexity index is 2620. The molecular weight excluding hydrogens is 807 g/mol. The molecule has 18 heteroatoms. The van der Waals surface area contributed by atoms with E-state index in [-0.39, 0.29) is 17.8 Å². The van der Waals surface area contributed by atoms with Crippen molar-refractivity contribution in [1.29, 1.82) is 0 Å². The Hall–Kier alpha value is -6.79. The number of nitrogens with zero attached hydrogens (tertiary/aromatic N) is 11. The van der Waals surface area contributed by atoms with Crippen LogP contribution in [0.3, 0.4) is 0 Å². The Kier molecular flexibility index (Phi) is 11.9. The molecular formula is C44H43F4N11O3. The van der Waals surface area contributed by atoms with Gasteiger partial charge in [0.1, 0.15) is 35.8 Å². The fourth-order valence-electron chi connectivity index (χ4n) is 7.74. The van der Waals surface area contributed by atoms with Crippen LogP contribution in [-0.4, -0.2) is 81.9 Å². The smallest absolute Gasteiger partial charge is 0.351 e. The van der Waals surface area contributed by atoms with Gasteiger partial charge in [0.2, 0.25) is 0 Å². The van der Waals surface area contributed by atoms with Crippen LogP contribution in [0.1, 0.15) is 43.1 Å². The number of piperazine rings is 1. The maximum absolute atomic E-state index is 16.2. The minimum absolute atomic E-state index is 0.246. The predicted molar refractivity (Wildman–Crippen MR) is 222 cm³/mol. The lowest BCUT2D eigenvalue weighted by atomic mass is 9.84. The van der Waals surface area contributed by atoms with E-state index in [2.05, 4.69) is 40.4 Å². The molecule has 3 aromatic carbocycles. The summed E-state index contributed by atoms with van der Waals surface area (Å²) in [6.45, 7) is 6.35. The fraction of sp³-hybridized carbons (Fsp3) is 0.295. The maximum atomic E-state index is 16.2. The van der Waals surface area contributed by atoms with Crippen LogP contribution >= 0.6 is 0 Å². The van der Waals surface area contributed by atoms with E-state index in [9.17, 15) is 18.7 Å².